The number of carboxylic acid groups (broad SMARTS) is 1. The highest BCUT2D eigenvalue weighted by Crippen LogP contribution is 2.82. The van der Waals surface area contributed by atoms with E-state index < -0.39 is 5.97 Å². The molecule has 0 aromatic rings. The summed E-state index contributed by atoms with van der Waals surface area (Å²) >= 11 is 3.00. The summed E-state index contributed by atoms with van der Waals surface area (Å²) in [6, 6.07) is 0. The second-order valence-electron chi connectivity index (χ2n) is 51.3. The maximum atomic E-state index is 12.2. The normalized spacial score (nSPS) is 46.7. The molecule has 0 aliphatic heterocycles. The topological polar surface area (TPSA) is 201 Å². The molecule has 0 aromatic heterocycles. The predicted molar refractivity (Wildman–Crippen MR) is 539 cm³/mol. The molecule has 0 saturated heterocycles. The number of carbonyl (C=O) groups excluding carboxylic acids is 2. The van der Waals surface area contributed by atoms with E-state index in [1.165, 1.54) is 206 Å². The number of nitrogens with one attached hydrogen (secondary N) is 2. The summed E-state index contributed by atoms with van der Waals surface area (Å²) in [5.74, 6) is 9.09. The Morgan fingerprint density at radius 1 is 0.395 bits per heavy atom. The van der Waals surface area contributed by atoms with Gasteiger partial charge in [0.05, 0.1) is 56.5 Å². The molecule has 129 heavy (non-hydrogen) atoms. The van der Waals surface area contributed by atoms with Crippen LogP contribution in [-0.4, -0.2) is 93.2 Å². The standard InChI is InChI=1S/C38H60NO3P.C38H59NO3.C36H56NO2P.C2H5BrO/c1-24(2)27-14-19-38(39-22-23-40)21-20-36(6)29(32(27)38)12-13-31-35(5)17-15-28(25-8-10-26(11-9-25)33(41)42-43)34(3,4)30(35)16-18-37(31,36)7;1-24(2)27-14-19-38(39-22-23-40)21-20-36(6)29(32(27)38)12-13-31-35(5)17-15-28(25-8-10-26(11-9-25)33(41)42)34(3,4)30(35)16-18-37(31,36)7;1-22(2)25-14-19-36(37)21-20-34(6)27(30(25)36)12-13-29-33(5)17-15-26(23-8-10-24(11-9-23)31(38)39-40)32(3,4)28(33)16-18-35(29,34)7;3-1-2-4/h8,15,26-27,29-32,39-40H,1,9-14,16-23,43H2,2-7H3;8,15,26-27,29-32,39-40H,1,9-14,16-23H2,2-7H3,(H,41,42);8,15,24-25,27-30H,1,9-14,16-21,37,40H2,2-7H3;4H,1-2H2/t2*26?,27-,29+,30-,31+,32+,35-,36+,37+,38-;24?,25-,27+,28-,29+,30+,33-,34+,35+,36-;/m000./s1. The number of carboxylic acids is 1. The van der Waals surface area contributed by atoms with E-state index in [1.807, 2.05) is 0 Å². The molecule has 0 radical (unpaired) electrons. The number of carbonyl (C=O) groups is 3. The number of rotatable bonds is 16. The highest BCUT2D eigenvalue weighted by atomic mass is 79.9. The van der Waals surface area contributed by atoms with Crippen LogP contribution in [0.2, 0.25) is 0 Å². The Morgan fingerprint density at radius 3 is 1.00 bits per heavy atom. The van der Waals surface area contributed by atoms with E-state index in [1.54, 1.807) is 11.1 Å². The highest BCUT2D eigenvalue weighted by molar-refractivity contribution is 9.09. The van der Waals surface area contributed by atoms with Gasteiger partial charge in [0.1, 0.15) is 0 Å². The van der Waals surface area contributed by atoms with E-state index in [4.69, 9.17) is 19.9 Å². The second-order valence-corrected chi connectivity index (χ2v) is 52.5. The Hall–Kier alpha value is -2.83. The molecular formula is C114H180BrN3O9P2. The van der Waals surface area contributed by atoms with Gasteiger partial charge >= 0.3 is 17.9 Å². The molecule has 0 bridgehead atoms. The molecule has 18 aliphatic carbocycles. The van der Waals surface area contributed by atoms with Gasteiger partial charge in [0, 0.05) is 35.0 Å². The number of alkyl halides is 1. The zero-order valence-corrected chi connectivity index (χ0v) is 88.0. The molecule has 0 aromatic carbocycles. The van der Waals surface area contributed by atoms with E-state index in [0.717, 1.165) is 81.5 Å². The van der Waals surface area contributed by atoms with Gasteiger partial charge in [-0.15, -0.1) is 0 Å². The molecule has 18 aliphatic rings. The summed E-state index contributed by atoms with van der Waals surface area (Å²) in [5, 5.41) is 45.5. The van der Waals surface area contributed by atoms with Crippen LogP contribution in [0, 0.1) is 172 Å². The van der Waals surface area contributed by atoms with Crippen LogP contribution < -0.4 is 16.4 Å². The average molecular weight is 1880 g/mol. The monoisotopic (exact) mass is 1880 g/mol. The fourth-order valence-corrected chi connectivity index (χ4v) is 39.6. The van der Waals surface area contributed by atoms with E-state index in [2.05, 4.69) is 226 Å². The summed E-state index contributed by atoms with van der Waals surface area (Å²) in [7, 11) is 4.26. The van der Waals surface area contributed by atoms with Gasteiger partial charge in [-0.25, -0.2) is 0 Å². The smallest absolute Gasteiger partial charge is 0.311 e. The lowest BCUT2D eigenvalue weighted by Crippen LogP contribution is -2.68. The zero-order valence-electron chi connectivity index (χ0n) is 84.1. The number of aliphatic carboxylic acids is 1. The maximum absolute atomic E-state index is 12.2. The minimum atomic E-state index is -0.637. The largest absolute Gasteiger partial charge is 0.481 e. The van der Waals surface area contributed by atoms with Crippen LogP contribution >= 0.6 is 34.9 Å². The molecule has 722 valence electrons. The lowest BCUT2D eigenvalue weighted by atomic mass is 9.33. The Labute approximate surface area is 796 Å². The maximum Gasteiger partial charge on any atom is 0.311 e. The molecule has 0 amide bonds. The van der Waals surface area contributed by atoms with Crippen molar-refractivity contribution in [3.05, 3.63) is 106 Å². The van der Waals surface area contributed by atoms with Crippen molar-refractivity contribution >= 4 is 52.8 Å². The van der Waals surface area contributed by atoms with E-state index in [9.17, 15) is 29.7 Å². The summed E-state index contributed by atoms with van der Waals surface area (Å²) in [5.41, 5.74) is 24.3. The summed E-state index contributed by atoms with van der Waals surface area (Å²) in [6.07, 6.45) is 57.2. The van der Waals surface area contributed by atoms with Crippen molar-refractivity contribution in [3.63, 3.8) is 0 Å². The summed E-state index contributed by atoms with van der Waals surface area (Å²) in [4.78, 5) is 35.9. The first-order valence-corrected chi connectivity index (χ1v) is 54.6. The molecular weight excluding hydrogens is 1700 g/mol. The Balaban J connectivity index is 0.000000146. The Bertz CT molecular complexity index is 4450. The summed E-state index contributed by atoms with van der Waals surface area (Å²) < 4.78 is 9.95. The fraction of sp³-hybridized carbons (Fsp3) is 0.816. The van der Waals surface area contributed by atoms with Crippen LogP contribution in [-0.2, 0) is 23.4 Å². The van der Waals surface area contributed by atoms with Crippen molar-refractivity contribution in [1.82, 2.24) is 10.6 Å². The van der Waals surface area contributed by atoms with Crippen LogP contribution in [0.15, 0.2) is 106 Å². The highest BCUT2D eigenvalue weighted by Gasteiger charge is 2.75. The zero-order chi connectivity index (χ0) is 93.6. The molecule has 5 unspecified atom stereocenters. The van der Waals surface area contributed by atoms with Gasteiger partial charge in [-0.3, -0.25) is 14.4 Å². The molecule has 0 heterocycles. The number of allylic oxidation sites excluding steroid dienone is 15. The number of hydrogen-bond donors (Lipinski definition) is 7. The number of aliphatic hydroxyl groups is 3. The molecule has 8 N–H and O–H groups in total. The third-order valence-electron chi connectivity index (χ3n) is 45.8. The first-order chi connectivity index (χ1) is 60.7. The van der Waals surface area contributed by atoms with Crippen LogP contribution in [0.25, 0.3) is 0 Å². The number of nitrogens with two attached hydrogens (primary N) is 1. The van der Waals surface area contributed by atoms with Crippen molar-refractivity contribution in [1.29, 1.82) is 0 Å². The first-order valence-electron chi connectivity index (χ1n) is 52.6. The molecule has 32 atom stereocenters. The van der Waals surface area contributed by atoms with Crippen LogP contribution in [0.5, 0.6) is 0 Å². The van der Waals surface area contributed by atoms with Crippen LogP contribution in [0.4, 0.5) is 0 Å². The number of halogens is 1. The third-order valence-corrected chi connectivity index (χ3v) is 46.6. The van der Waals surface area contributed by atoms with Gasteiger partial charge in [-0.05, 0) is 439 Å². The molecule has 12 nitrogen and oxygen atoms in total. The number of β-amino-alcohol motifs (C(OH)–C–C–N with tert-alkyl or cyclic N) is 2. The van der Waals surface area contributed by atoms with Gasteiger partial charge < -0.3 is 45.8 Å². The van der Waals surface area contributed by atoms with E-state index in [-0.39, 0.29) is 82.4 Å². The minimum absolute atomic E-state index is 0.00236. The van der Waals surface area contributed by atoms with Gasteiger partial charge in [-0.2, -0.15) is 0 Å². The number of hydrogen-bond acceptors (Lipinski definition) is 11. The van der Waals surface area contributed by atoms with Gasteiger partial charge in [0.2, 0.25) is 0 Å². The lowest BCUT2D eigenvalue weighted by molar-refractivity contribution is -0.221. The second kappa shape index (κ2) is 36.7. The predicted octanol–water partition coefficient (Wildman–Crippen LogP) is 26.2. The molecule has 18 rings (SSSR count). The number of fused-ring (bicyclic) bond motifs is 21. The van der Waals surface area contributed by atoms with Crippen molar-refractivity contribution in [2.75, 3.05) is 38.2 Å². The minimum Gasteiger partial charge on any atom is -0.481 e. The van der Waals surface area contributed by atoms with Gasteiger partial charge in [0.25, 0.3) is 0 Å². The van der Waals surface area contributed by atoms with E-state index in [0.29, 0.717) is 139 Å². The quantitative estimate of drug-likeness (QED) is 0.0439. The fourth-order valence-electron chi connectivity index (χ4n) is 39.3. The van der Waals surface area contributed by atoms with Crippen LogP contribution in [0.1, 0.15) is 356 Å². The van der Waals surface area contributed by atoms with Crippen molar-refractivity contribution in [2.45, 2.75) is 372 Å². The average Bonchev–Trinajstić information content (AvgIpc) is 1.60. The Morgan fingerprint density at radius 2 is 0.705 bits per heavy atom. The first kappa shape index (κ1) is 101. The molecule has 0 spiro atoms. The number of aliphatic hydroxyl groups excluding tert-OH is 3. The molecule has 12 saturated carbocycles. The van der Waals surface area contributed by atoms with Crippen LogP contribution in [0.3, 0.4) is 0 Å². The van der Waals surface area contributed by atoms with E-state index >= 15 is 0 Å². The van der Waals surface area contributed by atoms with Gasteiger partial charge in [-0.1, -0.05) is 193 Å². The van der Waals surface area contributed by atoms with Gasteiger partial charge in [0.15, 0.2) is 0 Å². The Kier molecular flexibility index (Phi) is 28.7. The lowest BCUT2D eigenvalue weighted by Gasteiger charge is -2.72. The third kappa shape index (κ3) is 15.9. The van der Waals surface area contributed by atoms with Crippen molar-refractivity contribution < 1.29 is 43.9 Å². The summed E-state index contributed by atoms with van der Waals surface area (Å²) in [6.45, 7) is 62.0. The SMILES string of the molecule is C=C(C)[C@@H]1CC[C@]2(N)CC[C@]3(C)[C@H](CC[C@@H]4[C@@]5(C)CC=C(C6=CCC(C(=O)OP)CC6)C(C)(C)[C@@H]5CC[C@]43C)[C@@H]12.C=C(C)[C@@H]1CC[C@]2(NCCO)CC[C@]3(C)[C@H](CC[C@@H]4[C@@]5(C)CC=C(C6=CCC(C(=O)O)CC6)C(C)(C)[C@@H]5CC[C@]43C)[C@@H]12.C=C(C)[C@@H]1CC[C@]2(NCCO)CC[C@]3(C)[C@H](CC[C@@H]4[C@@]5(C)CC=C(C6=CCC(C(=O)OP)CC6)C(C)(C)[C@@H]5CC[C@]43C)[C@@H]12.OCCBr. The van der Waals surface area contributed by atoms with Crippen molar-refractivity contribution in [2.24, 2.45) is 177 Å². The molecule has 12 fully saturated rings. The van der Waals surface area contributed by atoms with Crippen molar-refractivity contribution in [3.8, 4) is 0 Å². The molecule has 15 heteroatoms.